The van der Waals surface area contributed by atoms with Gasteiger partial charge in [-0.15, -0.1) is 0 Å². The highest BCUT2D eigenvalue weighted by molar-refractivity contribution is 7.48. The van der Waals surface area contributed by atoms with Crippen molar-refractivity contribution in [3.8, 4) is 0 Å². The van der Waals surface area contributed by atoms with Crippen molar-refractivity contribution in [2.24, 2.45) is 5.92 Å². The highest BCUT2D eigenvalue weighted by Gasteiger charge is 2.27. The smallest absolute Gasteiger partial charge is 0.287 e. The Bertz CT molecular complexity index is 455. The van der Waals surface area contributed by atoms with E-state index in [0.717, 1.165) is 38.5 Å². The summed E-state index contributed by atoms with van der Waals surface area (Å²) in [5, 5.41) is 0. The molecule has 0 amide bonds. The Hall–Kier alpha value is 0.110. The summed E-state index contributed by atoms with van der Waals surface area (Å²) in [6, 6.07) is 0. The Morgan fingerprint density at radius 3 is 1.16 bits per heavy atom. The van der Waals surface area contributed by atoms with Crippen LogP contribution in [0, 0.1) is 5.92 Å². The molecule has 4 nitrogen and oxygen atoms in total. The molecule has 0 aliphatic rings. The first-order valence-electron chi connectivity index (χ1n) is 16.6. The van der Waals surface area contributed by atoms with Gasteiger partial charge in [0.1, 0.15) is 0 Å². The van der Waals surface area contributed by atoms with Gasteiger partial charge in [0.15, 0.2) is 0 Å². The van der Waals surface area contributed by atoms with Crippen molar-refractivity contribution in [2.45, 2.75) is 182 Å². The summed E-state index contributed by atoms with van der Waals surface area (Å²) in [5.41, 5.74) is 0. The molecule has 0 rings (SSSR count). The molecule has 5 heteroatoms. The average Bonchev–Trinajstić information content (AvgIpc) is 2.90. The molecule has 0 saturated heterocycles. The minimum atomic E-state index is -3.47. The van der Waals surface area contributed by atoms with E-state index < -0.39 is 7.82 Å². The lowest BCUT2D eigenvalue weighted by atomic mass is 10.0. The molecule has 0 aromatic carbocycles. The van der Waals surface area contributed by atoms with Crippen LogP contribution in [0.2, 0.25) is 0 Å². The lowest BCUT2D eigenvalue weighted by Crippen LogP contribution is -2.11. The van der Waals surface area contributed by atoms with Crippen LogP contribution in [-0.2, 0) is 18.1 Å². The summed E-state index contributed by atoms with van der Waals surface area (Å²) in [7, 11) is -3.47. The van der Waals surface area contributed by atoms with E-state index in [1.54, 1.807) is 0 Å². The molecule has 0 N–H and O–H groups in total. The second-order valence-corrected chi connectivity index (χ2v) is 12.9. The van der Waals surface area contributed by atoms with Gasteiger partial charge in [0, 0.05) is 0 Å². The molecule has 0 aromatic rings. The zero-order valence-electron chi connectivity index (χ0n) is 25.7. The van der Waals surface area contributed by atoms with E-state index in [0.29, 0.717) is 25.7 Å². The van der Waals surface area contributed by atoms with E-state index in [2.05, 4.69) is 27.7 Å². The number of phosphoric acid groups is 1. The van der Waals surface area contributed by atoms with Gasteiger partial charge < -0.3 is 0 Å². The largest absolute Gasteiger partial charge is 0.474 e. The maximum Gasteiger partial charge on any atom is 0.474 e. The Balaban J connectivity index is 4.17. The summed E-state index contributed by atoms with van der Waals surface area (Å²) >= 11 is 0. The van der Waals surface area contributed by atoms with Crippen LogP contribution < -0.4 is 0 Å². The van der Waals surface area contributed by atoms with Crippen molar-refractivity contribution < 1.29 is 18.1 Å². The summed E-state index contributed by atoms with van der Waals surface area (Å²) in [5.74, 6) is 0.426. The summed E-state index contributed by atoms with van der Waals surface area (Å²) in [4.78, 5) is 0. The van der Waals surface area contributed by atoms with E-state index in [1.807, 2.05) is 0 Å². The summed E-state index contributed by atoms with van der Waals surface area (Å²) < 4.78 is 30.8. The normalized spacial score (nSPS) is 12.9. The first-order valence-corrected chi connectivity index (χ1v) is 18.1. The third-order valence-corrected chi connectivity index (χ3v) is 8.97. The van der Waals surface area contributed by atoms with Crippen LogP contribution in [0.3, 0.4) is 0 Å². The minimum Gasteiger partial charge on any atom is -0.287 e. The van der Waals surface area contributed by atoms with Gasteiger partial charge in [-0.3, -0.25) is 13.6 Å². The van der Waals surface area contributed by atoms with Crippen LogP contribution in [0.4, 0.5) is 0 Å². The van der Waals surface area contributed by atoms with Gasteiger partial charge in [0.25, 0.3) is 0 Å². The molecule has 0 fully saturated rings. The average molecular weight is 547 g/mol. The maximum absolute atomic E-state index is 13.4. The topological polar surface area (TPSA) is 44.8 Å². The highest BCUT2D eigenvalue weighted by Crippen LogP contribution is 2.50. The zero-order valence-corrected chi connectivity index (χ0v) is 26.6. The van der Waals surface area contributed by atoms with Crippen molar-refractivity contribution in [1.29, 1.82) is 0 Å². The summed E-state index contributed by atoms with van der Waals surface area (Å²) in [6.07, 6.45) is 30.0. The monoisotopic (exact) mass is 546 g/mol. The molecule has 37 heavy (non-hydrogen) atoms. The lowest BCUT2D eigenvalue weighted by Gasteiger charge is -2.21. The van der Waals surface area contributed by atoms with Gasteiger partial charge in [-0.25, -0.2) is 4.57 Å². The van der Waals surface area contributed by atoms with Crippen LogP contribution in [0.15, 0.2) is 0 Å². The zero-order chi connectivity index (χ0) is 27.3. The van der Waals surface area contributed by atoms with Gasteiger partial charge >= 0.3 is 7.82 Å². The molecule has 0 bridgehead atoms. The van der Waals surface area contributed by atoms with Crippen LogP contribution >= 0.6 is 7.82 Å². The van der Waals surface area contributed by atoms with E-state index in [-0.39, 0.29) is 0 Å². The van der Waals surface area contributed by atoms with E-state index in [1.165, 1.54) is 116 Å². The lowest BCUT2D eigenvalue weighted by molar-refractivity contribution is 0.0946. The predicted octanol–water partition coefficient (Wildman–Crippen LogP) is 12.2. The number of unbranched alkanes of at least 4 members (excludes halogenated alkanes) is 19. The molecule has 0 radical (unpaired) electrons. The van der Waals surface area contributed by atoms with Crippen molar-refractivity contribution in [1.82, 2.24) is 0 Å². The SMILES string of the molecule is CCCCCCCCCCCCOP(=O)(OCCCCCCCCCCCC)OCC(CC)CCCC. The first-order chi connectivity index (χ1) is 18.1. The molecular weight excluding hydrogens is 479 g/mol. The molecule has 0 saturated carbocycles. The Labute approximate surface area is 233 Å². The third kappa shape index (κ3) is 26.1. The Morgan fingerprint density at radius 1 is 0.459 bits per heavy atom. The van der Waals surface area contributed by atoms with Gasteiger partial charge in [0.05, 0.1) is 19.8 Å². The molecule has 0 aliphatic heterocycles. The number of phosphoric ester groups is 1. The van der Waals surface area contributed by atoms with Crippen molar-refractivity contribution in [2.75, 3.05) is 19.8 Å². The van der Waals surface area contributed by atoms with Crippen molar-refractivity contribution in [3.63, 3.8) is 0 Å². The Morgan fingerprint density at radius 2 is 0.811 bits per heavy atom. The maximum atomic E-state index is 13.4. The van der Waals surface area contributed by atoms with Crippen LogP contribution in [0.1, 0.15) is 182 Å². The summed E-state index contributed by atoms with van der Waals surface area (Å²) in [6.45, 7) is 10.3. The van der Waals surface area contributed by atoms with E-state index in [4.69, 9.17) is 13.6 Å². The number of hydrogen-bond acceptors (Lipinski definition) is 4. The van der Waals surface area contributed by atoms with E-state index >= 15 is 0 Å². The second-order valence-electron chi connectivity index (χ2n) is 11.2. The van der Waals surface area contributed by atoms with Crippen molar-refractivity contribution in [3.05, 3.63) is 0 Å². The van der Waals surface area contributed by atoms with Gasteiger partial charge in [0.2, 0.25) is 0 Å². The molecule has 0 aliphatic carbocycles. The molecule has 1 unspecified atom stereocenters. The van der Waals surface area contributed by atoms with Crippen LogP contribution in [0.5, 0.6) is 0 Å². The van der Waals surface area contributed by atoms with Crippen molar-refractivity contribution >= 4 is 7.82 Å². The molecule has 0 aromatic heterocycles. The molecular formula is C32H67O4P. The second kappa shape index (κ2) is 29.1. The predicted molar refractivity (Wildman–Crippen MR) is 162 cm³/mol. The number of hydrogen-bond donors (Lipinski definition) is 0. The fourth-order valence-corrected chi connectivity index (χ4v) is 6.06. The quantitative estimate of drug-likeness (QED) is 0.0640. The van der Waals surface area contributed by atoms with Crippen LogP contribution in [0.25, 0.3) is 0 Å². The van der Waals surface area contributed by atoms with Crippen LogP contribution in [-0.4, -0.2) is 19.8 Å². The van der Waals surface area contributed by atoms with Gasteiger partial charge in [-0.1, -0.05) is 163 Å². The standard InChI is InChI=1S/C32H67O4P/c1-5-9-12-14-16-18-20-22-24-26-29-34-37(33,36-31-32(8-4)28-11-7-3)35-30-27-25-23-21-19-17-15-13-10-6-2/h32H,5-31H2,1-4H3. The number of rotatable bonds is 31. The molecule has 0 spiro atoms. The van der Waals surface area contributed by atoms with Gasteiger partial charge in [-0.05, 0) is 25.2 Å². The first kappa shape index (κ1) is 37.1. The van der Waals surface area contributed by atoms with Gasteiger partial charge in [-0.2, -0.15) is 0 Å². The van der Waals surface area contributed by atoms with E-state index in [9.17, 15) is 4.57 Å². The highest BCUT2D eigenvalue weighted by atomic mass is 31.2. The fourth-order valence-electron chi connectivity index (χ4n) is 4.74. The fraction of sp³-hybridized carbons (Fsp3) is 1.00. The third-order valence-electron chi connectivity index (χ3n) is 7.51. The molecule has 224 valence electrons. The molecule has 1 atom stereocenters. The minimum absolute atomic E-state index is 0.426. The Kier molecular flexibility index (Phi) is 29.2. The molecule has 0 heterocycles.